The number of hydrogen-bond donors (Lipinski definition) is 0. The van der Waals surface area contributed by atoms with Crippen LogP contribution in [0.5, 0.6) is 5.75 Å². The van der Waals surface area contributed by atoms with Crippen LogP contribution in [0.3, 0.4) is 0 Å². The molecular weight excluding hydrogens is 396 g/mol. The van der Waals surface area contributed by atoms with Crippen molar-refractivity contribution in [2.24, 2.45) is 11.0 Å². The van der Waals surface area contributed by atoms with Crippen LogP contribution in [-0.2, 0) is 16.0 Å². The summed E-state index contributed by atoms with van der Waals surface area (Å²) in [5, 5.41) is 3.94. The van der Waals surface area contributed by atoms with Gasteiger partial charge < -0.3 is 9.47 Å². The average Bonchev–Trinajstić information content (AvgIpc) is 3.16. The van der Waals surface area contributed by atoms with Gasteiger partial charge in [-0.1, -0.05) is 60.9 Å². The van der Waals surface area contributed by atoms with Crippen molar-refractivity contribution >= 4 is 12.0 Å². The summed E-state index contributed by atoms with van der Waals surface area (Å²) in [6.07, 6.45) is 1.01. The van der Waals surface area contributed by atoms with Gasteiger partial charge in [-0.3, -0.25) is 4.79 Å². The normalized spacial score (nSPS) is 17.4. The van der Waals surface area contributed by atoms with E-state index in [0.717, 1.165) is 5.56 Å². The average molecular weight is 422 g/mol. The maximum atomic E-state index is 13.6. The van der Waals surface area contributed by atoms with Gasteiger partial charge in [-0.2, -0.15) is 0 Å². The molecule has 0 aliphatic carbocycles. The molecule has 0 aromatic heterocycles. The summed E-state index contributed by atoms with van der Waals surface area (Å²) in [5.74, 6) is -0.399. The van der Waals surface area contributed by atoms with Crippen LogP contribution >= 0.6 is 0 Å². The molecule has 0 spiro atoms. The third-order valence-corrected chi connectivity index (χ3v) is 5.44. The molecule has 1 heterocycles. The number of cyclic esters (lactones) is 1. The third kappa shape index (κ3) is 5.16. The number of methoxy groups -OCH3 is 1. The molecule has 3 rings (SSSR count). The predicted octanol–water partition coefficient (Wildman–Crippen LogP) is 5.05. The van der Waals surface area contributed by atoms with E-state index in [1.54, 1.807) is 31.4 Å². The van der Waals surface area contributed by atoms with Gasteiger partial charge in [0.25, 0.3) is 0 Å². The number of carbonyl (C=O) groups is 2. The Kier molecular flexibility index (Phi) is 7.51. The van der Waals surface area contributed by atoms with E-state index in [9.17, 15) is 15.1 Å². The van der Waals surface area contributed by atoms with Crippen molar-refractivity contribution in [1.29, 1.82) is 0 Å². The lowest BCUT2D eigenvalue weighted by Crippen LogP contribution is -2.44. The SMILES string of the molecule is CCC[C@@H](C(=O)N1C(=O)OC[C@@H]1Cc1ccccc1)[C@H](N=[N+]=[N-])c1ccc(OC)cc1. The zero-order chi connectivity index (χ0) is 22.2. The molecule has 2 aromatic carbocycles. The van der Waals surface area contributed by atoms with E-state index in [1.165, 1.54) is 4.90 Å². The number of hydrogen-bond acceptors (Lipinski definition) is 5. The van der Waals surface area contributed by atoms with Crippen LogP contribution < -0.4 is 4.74 Å². The Morgan fingerprint density at radius 1 is 1.26 bits per heavy atom. The highest BCUT2D eigenvalue weighted by atomic mass is 16.6. The lowest BCUT2D eigenvalue weighted by Gasteiger charge is -2.28. The molecule has 0 radical (unpaired) electrons. The Labute approximate surface area is 181 Å². The molecule has 31 heavy (non-hydrogen) atoms. The molecule has 8 heteroatoms. The van der Waals surface area contributed by atoms with Crippen molar-refractivity contribution in [3.63, 3.8) is 0 Å². The summed E-state index contributed by atoms with van der Waals surface area (Å²) in [6.45, 7) is 2.10. The summed E-state index contributed by atoms with van der Waals surface area (Å²) >= 11 is 0. The first-order chi connectivity index (χ1) is 15.1. The van der Waals surface area contributed by atoms with Gasteiger partial charge in [0.2, 0.25) is 5.91 Å². The highest BCUT2D eigenvalue weighted by Gasteiger charge is 2.42. The summed E-state index contributed by atoms with van der Waals surface area (Å²) in [5.41, 5.74) is 10.9. The van der Waals surface area contributed by atoms with Gasteiger partial charge in [-0.25, -0.2) is 9.69 Å². The topological polar surface area (TPSA) is 105 Å². The number of carbonyl (C=O) groups excluding carboxylic acids is 2. The predicted molar refractivity (Wildman–Crippen MR) is 115 cm³/mol. The molecule has 1 aliphatic rings. The van der Waals surface area contributed by atoms with E-state index in [4.69, 9.17) is 9.47 Å². The molecule has 162 valence electrons. The van der Waals surface area contributed by atoms with Gasteiger partial charge in [0.05, 0.1) is 25.1 Å². The highest BCUT2D eigenvalue weighted by Crippen LogP contribution is 2.34. The lowest BCUT2D eigenvalue weighted by atomic mass is 9.88. The second kappa shape index (κ2) is 10.5. The maximum Gasteiger partial charge on any atom is 0.416 e. The molecule has 3 atom stereocenters. The quantitative estimate of drug-likeness (QED) is 0.320. The zero-order valence-electron chi connectivity index (χ0n) is 17.7. The molecule has 0 saturated carbocycles. The van der Waals surface area contributed by atoms with E-state index < -0.39 is 24.1 Å². The first-order valence-electron chi connectivity index (χ1n) is 10.3. The van der Waals surface area contributed by atoms with Crippen LogP contribution in [-0.4, -0.2) is 36.7 Å². The van der Waals surface area contributed by atoms with E-state index in [0.29, 0.717) is 30.6 Å². The fourth-order valence-corrected chi connectivity index (χ4v) is 3.91. The van der Waals surface area contributed by atoms with Gasteiger partial charge in [-0.15, -0.1) is 0 Å². The van der Waals surface area contributed by atoms with Crippen LogP contribution in [0.15, 0.2) is 59.7 Å². The lowest BCUT2D eigenvalue weighted by molar-refractivity contribution is -0.134. The molecule has 8 nitrogen and oxygen atoms in total. The van der Waals surface area contributed by atoms with Crippen LogP contribution in [0.1, 0.15) is 36.9 Å². The number of benzene rings is 2. The van der Waals surface area contributed by atoms with Gasteiger partial charge in [0.1, 0.15) is 12.4 Å². The Morgan fingerprint density at radius 3 is 2.58 bits per heavy atom. The first-order valence-corrected chi connectivity index (χ1v) is 10.3. The Hall–Kier alpha value is -3.51. The molecular formula is C23H26N4O4. The fraction of sp³-hybridized carbons (Fsp3) is 0.391. The van der Waals surface area contributed by atoms with E-state index in [1.807, 2.05) is 37.3 Å². The monoisotopic (exact) mass is 422 g/mol. The van der Waals surface area contributed by atoms with Gasteiger partial charge in [-0.05, 0) is 41.6 Å². The van der Waals surface area contributed by atoms with Crippen LogP contribution in [0.4, 0.5) is 4.79 Å². The molecule has 0 N–H and O–H groups in total. The summed E-state index contributed by atoms with van der Waals surface area (Å²) in [4.78, 5) is 30.2. The van der Waals surface area contributed by atoms with Crippen molar-refractivity contribution < 1.29 is 19.1 Å². The number of imide groups is 1. The highest BCUT2D eigenvalue weighted by molar-refractivity contribution is 5.95. The van der Waals surface area contributed by atoms with Crippen molar-refractivity contribution in [1.82, 2.24) is 4.90 Å². The molecule has 0 bridgehead atoms. The summed E-state index contributed by atoms with van der Waals surface area (Å²) in [7, 11) is 1.56. The minimum atomic E-state index is -0.742. The fourth-order valence-electron chi connectivity index (χ4n) is 3.91. The molecule has 0 unspecified atom stereocenters. The van der Waals surface area contributed by atoms with E-state index in [2.05, 4.69) is 10.0 Å². The van der Waals surface area contributed by atoms with Gasteiger partial charge >= 0.3 is 6.09 Å². The van der Waals surface area contributed by atoms with Crippen LogP contribution in [0.25, 0.3) is 10.4 Å². The Bertz CT molecular complexity index is 942. The second-order valence-electron chi connectivity index (χ2n) is 7.45. The second-order valence-corrected chi connectivity index (χ2v) is 7.45. The minimum absolute atomic E-state index is 0.146. The van der Waals surface area contributed by atoms with Gasteiger partial charge in [0.15, 0.2) is 0 Å². The van der Waals surface area contributed by atoms with E-state index in [-0.39, 0.29) is 12.5 Å². The van der Waals surface area contributed by atoms with E-state index >= 15 is 0 Å². The molecule has 1 fully saturated rings. The standard InChI is InChI=1S/C23H26N4O4/c1-3-7-20(21(25-26-24)17-10-12-19(30-2)13-11-17)22(28)27-18(15-31-23(27)29)14-16-8-5-4-6-9-16/h4-6,8-13,18,20-21H,3,7,14-15H2,1-2H3/t18-,20+,21+/m0/s1. The first kappa shape index (κ1) is 22.2. The summed E-state index contributed by atoms with van der Waals surface area (Å²) in [6, 6.07) is 15.6. The number of ether oxygens (including phenoxy) is 2. The number of nitrogens with zero attached hydrogens (tertiary/aromatic N) is 4. The smallest absolute Gasteiger partial charge is 0.416 e. The zero-order valence-corrected chi connectivity index (χ0v) is 17.7. The molecule has 1 saturated heterocycles. The largest absolute Gasteiger partial charge is 0.497 e. The van der Waals surface area contributed by atoms with Crippen molar-refractivity contribution in [2.45, 2.75) is 38.3 Å². The van der Waals surface area contributed by atoms with Crippen LogP contribution in [0, 0.1) is 5.92 Å². The third-order valence-electron chi connectivity index (χ3n) is 5.44. The maximum absolute atomic E-state index is 13.6. The number of azide groups is 1. The van der Waals surface area contributed by atoms with Crippen molar-refractivity contribution in [3.8, 4) is 5.75 Å². The van der Waals surface area contributed by atoms with Crippen molar-refractivity contribution in [2.75, 3.05) is 13.7 Å². The Morgan fingerprint density at radius 2 is 1.97 bits per heavy atom. The molecule has 2 aromatic rings. The summed E-state index contributed by atoms with van der Waals surface area (Å²) < 4.78 is 10.4. The Balaban J connectivity index is 1.90. The molecule has 2 amide bonds. The number of rotatable bonds is 9. The van der Waals surface area contributed by atoms with Crippen molar-refractivity contribution in [3.05, 3.63) is 76.2 Å². The molecule has 1 aliphatic heterocycles. The van der Waals surface area contributed by atoms with Gasteiger partial charge in [0, 0.05) is 4.91 Å². The number of amides is 2. The van der Waals surface area contributed by atoms with Crippen LogP contribution in [0.2, 0.25) is 0 Å². The minimum Gasteiger partial charge on any atom is -0.497 e.